The van der Waals surface area contributed by atoms with E-state index in [0.29, 0.717) is 24.6 Å². The zero-order chi connectivity index (χ0) is 22.2. The van der Waals surface area contributed by atoms with Crippen LogP contribution in [-0.2, 0) is 4.79 Å². The fraction of sp³-hybridized carbons (Fsp3) is 0.318. The van der Waals surface area contributed by atoms with Crippen LogP contribution in [0.2, 0.25) is 0 Å². The highest BCUT2D eigenvalue weighted by Gasteiger charge is 2.15. The summed E-state index contributed by atoms with van der Waals surface area (Å²) < 4.78 is 0. The number of hydrogen-bond acceptors (Lipinski definition) is 9. The van der Waals surface area contributed by atoms with Gasteiger partial charge in [0, 0.05) is 63.3 Å². The van der Waals surface area contributed by atoms with Gasteiger partial charge in [0.15, 0.2) is 0 Å². The monoisotopic (exact) mass is 434 g/mol. The summed E-state index contributed by atoms with van der Waals surface area (Å²) >= 11 is 0. The van der Waals surface area contributed by atoms with Gasteiger partial charge in [0.1, 0.15) is 17.5 Å². The summed E-state index contributed by atoms with van der Waals surface area (Å²) in [5, 5.41) is 18.8. The first-order chi connectivity index (χ1) is 15.7. The lowest BCUT2D eigenvalue weighted by molar-refractivity contribution is -0.137. The molecule has 0 atom stereocenters. The van der Waals surface area contributed by atoms with Gasteiger partial charge in [-0.05, 0) is 30.7 Å². The minimum absolute atomic E-state index is 0.116. The number of carboxylic acid groups (broad SMARTS) is 1. The summed E-state index contributed by atoms with van der Waals surface area (Å²) in [6, 6.07) is 7.77. The molecule has 32 heavy (non-hydrogen) atoms. The van der Waals surface area contributed by atoms with Crippen molar-refractivity contribution in [3.8, 4) is 11.3 Å². The normalized spacial score (nSPS) is 13.6. The lowest BCUT2D eigenvalue weighted by atomic mass is 10.1. The largest absolute Gasteiger partial charge is 0.481 e. The fourth-order valence-corrected chi connectivity index (χ4v) is 3.48. The fourth-order valence-electron chi connectivity index (χ4n) is 3.48. The summed E-state index contributed by atoms with van der Waals surface area (Å²) in [6.45, 7) is 4.20. The molecule has 0 aliphatic carbocycles. The molecule has 1 aliphatic rings. The zero-order valence-corrected chi connectivity index (χ0v) is 17.7. The number of carbonyl (C=O) groups is 1. The van der Waals surface area contributed by atoms with Crippen molar-refractivity contribution in [2.75, 3.05) is 48.3 Å². The van der Waals surface area contributed by atoms with Gasteiger partial charge in [-0.3, -0.25) is 9.78 Å². The van der Waals surface area contributed by atoms with Crippen molar-refractivity contribution in [2.45, 2.75) is 12.8 Å². The molecule has 1 aliphatic heterocycles. The maximum atomic E-state index is 10.8. The van der Waals surface area contributed by atoms with Gasteiger partial charge in [-0.25, -0.2) is 15.0 Å². The molecular formula is C22H26N8O2. The summed E-state index contributed by atoms with van der Waals surface area (Å²) in [5.74, 6) is 1.35. The van der Waals surface area contributed by atoms with Gasteiger partial charge in [0.2, 0.25) is 0 Å². The molecule has 0 amide bonds. The number of rotatable bonds is 9. The average molecular weight is 435 g/mol. The molecule has 4 N–H and O–H groups in total. The second-order valence-corrected chi connectivity index (χ2v) is 7.37. The molecule has 1 saturated heterocycles. The SMILES string of the molecule is O=C(O)CCCNc1ccc(Nc2cnccn2)nc1-c1ccnc(N2CCNCC2)c1. The van der Waals surface area contributed by atoms with E-state index in [1.165, 1.54) is 0 Å². The van der Waals surface area contributed by atoms with E-state index in [1.807, 2.05) is 24.3 Å². The van der Waals surface area contributed by atoms with Crippen molar-refractivity contribution < 1.29 is 9.90 Å². The van der Waals surface area contributed by atoms with E-state index in [4.69, 9.17) is 10.1 Å². The van der Waals surface area contributed by atoms with Gasteiger partial charge in [0.25, 0.3) is 0 Å². The third kappa shape index (κ3) is 5.67. The van der Waals surface area contributed by atoms with E-state index in [-0.39, 0.29) is 6.42 Å². The summed E-state index contributed by atoms with van der Waals surface area (Å²) in [4.78, 5) is 30.8. The van der Waals surface area contributed by atoms with Crippen LogP contribution in [0.15, 0.2) is 49.1 Å². The molecule has 0 radical (unpaired) electrons. The van der Waals surface area contributed by atoms with E-state index in [2.05, 4.69) is 35.8 Å². The molecule has 10 nitrogen and oxygen atoms in total. The van der Waals surface area contributed by atoms with Crippen molar-refractivity contribution in [1.29, 1.82) is 0 Å². The molecular weight excluding hydrogens is 408 g/mol. The first-order valence-electron chi connectivity index (χ1n) is 10.6. The standard InChI is InChI=1S/C22H26N8O2/c31-21(32)2-1-6-25-17-3-4-18(28-19-15-24-8-9-26-19)29-22(17)16-5-7-27-20(14-16)30-12-10-23-11-13-30/h3-5,7-9,14-15,23,25H,1-2,6,10-13H2,(H,31,32)(H,26,28,29). The summed E-state index contributed by atoms with van der Waals surface area (Å²) in [5.41, 5.74) is 2.52. The molecule has 1 fully saturated rings. The Morgan fingerprint density at radius 3 is 2.75 bits per heavy atom. The van der Waals surface area contributed by atoms with Gasteiger partial charge in [-0.1, -0.05) is 0 Å². The van der Waals surface area contributed by atoms with Gasteiger partial charge < -0.3 is 26.0 Å². The molecule has 3 aromatic rings. The molecule has 0 saturated carbocycles. The Morgan fingerprint density at radius 1 is 1.09 bits per heavy atom. The van der Waals surface area contributed by atoms with Crippen LogP contribution in [0.3, 0.4) is 0 Å². The topological polar surface area (TPSA) is 128 Å². The van der Waals surface area contributed by atoms with Crippen molar-refractivity contribution in [3.63, 3.8) is 0 Å². The van der Waals surface area contributed by atoms with Crippen LogP contribution in [-0.4, -0.2) is 63.7 Å². The lowest BCUT2D eigenvalue weighted by Crippen LogP contribution is -2.43. The van der Waals surface area contributed by atoms with Crippen LogP contribution in [0.4, 0.5) is 23.1 Å². The molecule has 0 unspecified atom stereocenters. The number of aromatic nitrogens is 4. The molecule has 0 spiro atoms. The molecule has 4 heterocycles. The molecule has 4 rings (SSSR count). The Hall–Kier alpha value is -3.79. The van der Waals surface area contributed by atoms with Crippen LogP contribution in [0.5, 0.6) is 0 Å². The van der Waals surface area contributed by atoms with Crippen LogP contribution < -0.4 is 20.9 Å². The Labute approximate surface area is 186 Å². The minimum Gasteiger partial charge on any atom is -0.481 e. The quantitative estimate of drug-likeness (QED) is 0.373. The van der Waals surface area contributed by atoms with E-state index in [1.54, 1.807) is 24.8 Å². The number of anilines is 4. The number of pyridine rings is 2. The number of piperazine rings is 1. The van der Waals surface area contributed by atoms with Gasteiger partial charge in [0.05, 0.1) is 17.6 Å². The maximum Gasteiger partial charge on any atom is 0.303 e. The Kier molecular flexibility index (Phi) is 7.03. The van der Waals surface area contributed by atoms with Gasteiger partial charge >= 0.3 is 5.97 Å². The third-order valence-corrected chi connectivity index (χ3v) is 5.06. The highest BCUT2D eigenvalue weighted by Crippen LogP contribution is 2.30. The summed E-state index contributed by atoms with van der Waals surface area (Å²) in [6.07, 6.45) is 7.30. The van der Waals surface area contributed by atoms with Crippen molar-refractivity contribution >= 4 is 29.1 Å². The smallest absolute Gasteiger partial charge is 0.303 e. The number of nitrogens with zero attached hydrogens (tertiary/aromatic N) is 5. The van der Waals surface area contributed by atoms with E-state index < -0.39 is 5.97 Å². The molecule has 0 aromatic carbocycles. The van der Waals surface area contributed by atoms with Crippen molar-refractivity contribution in [3.05, 3.63) is 49.1 Å². The van der Waals surface area contributed by atoms with Gasteiger partial charge in [-0.15, -0.1) is 0 Å². The van der Waals surface area contributed by atoms with Crippen molar-refractivity contribution in [1.82, 2.24) is 25.3 Å². The molecule has 3 aromatic heterocycles. The Morgan fingerprint density at radius 2 is 1.97 bits per heavy atom. The number of nitrogens with one attached hydrogen (secondary N) is 3. The van der Waals surface area contributed by atoms with Crippen LogP contribution in [0.1, 0.15) is 12.8 Å². The molecule has 166 valence electrons. The Balaban J connectivity index is 1.61. The highest BCUT2D eigenvalue weighted by molar-refractivity contribution is 5.78. The average Bonchev–Trinajstić information content (AvgIpc) is 2.83. The number of hydrogen-bond donors (Lipinski definition) is 4. The van der Waals surface area contributed by atoms with Gasteiger partial charge in [-0.2, -0.15) is 0 Å². The minimum atomic E-state index is -0.802. The molecule has 10 heteroatoms. The lowest BCUT2D eigenvalue weighted by Gasteiger charge is -2.28. The predicted molar refractivity (Wildman–Crippen MR) is 123 cm³/mol. The second kappa shape index (κ2) is 10.5. The third-order valence-electron chi connectivity index (χ3n) is 5.06. The second-order valence-electron chi connectivity index (χ2n) is 7.37. The van der Waals surface area contributed by atoms with Crippen LogP contribution in [0, 0.1) is 0 Å². The summed E-state index contributed by atoms with van der Waals surface area (Å²) in [7, 11) is 0. The predicted octanol–water partition coefficient (Wildman–Crippen LogP) is 2.36. The van der Waals surface area contributed by atoms with Crippen molar-refractivity contribution in [2.24, 2.45) is 0 Å². The first kappa shape index (κ1) is 21.4. The maximum absolute atomic E-state index is 10.8. The number of carboxylic acids is 1. The molecule has 0 bridgehead atoms. The zero-order valence-electron chi connectivity index (χ0n) is 17.7. The van der Waals surface area contributed by atoms with Crippen LogP contribution >= 0.6 is 0 Å². The highest BCUT2D eigenvalue weighted by atomic mass is 16.4. The number of aliphatic carboxylic acids is 1. The van der Waals surface area contributed by atoms with E-state index in [9.17, 15) is 4.79 Å². The van der Waals surface area contributed by atoms with E-state index >= 15 is 0 Å². The first-order valence-corrected chi connectivity index (χ1v) is 10.6. The Bertz CT molecular complexity index is 1040. The van der Waals surface area contributed by atoms with Crippen LogP contribution in [0.25, 0.3) is 11.3 Å². The van der Waals surface area contributed by atoms with E-state index in [0.717, 1.165) is 48.9 Å².